The number of ether oxygens (including phenoxy) is 1. The summed E-state index contributed by atoms with van der Waals surface area (Å²) in [6, 6.07) is 7.26. The third kappa shape index (κ3) is 5.63. The molecule has 0 radical (unpaired) electrons. The van der Waals surface area contributed by atoms with E-state index < -0.39 is 32.0 Å². The fraction of sp³-hybridized carbons (Fsp3) is 0.640. The predicted molar refractivity (Wildman–Crippen MR) is 136 cm³/mol. The van der Waals surface area contributed by atoms with Crippen molar-refractivity contribution in [1.29, 1.82) is 0 Å². The molecule has 3 atom stereocenters. The second-order valence-corrected chi connectivity index (χ2v) is 16.5. The van der Waals surface area contributed by atoms with E-state index in [-0.39, 0.29) is 22.6 Å². The van der Waals surface area contributed by atoms with Crippen molar-refractivity contribution in [2.24, 2.45) is 0 Å². The van der Waals surface area contributed by atoms with E-state index in [0.717, 1.165) is 16.5 Å². The zero-order chi connectivity index (χ0) is 25.5. The van der Waals surface area contributed by atoms with Crippen LogP contribution in [0.5, 0.6) is 0 Å². The average Bonchev–Trinajstić information content (AvgIpc) is 3.28. The van der Waals surface area contributed by atoms with E-state index in [2.05, 4.69) is 38.8 Å². The van der Waals surface area contributed by atoms with E-state index in [4.69, 9.17) is 9.16 Å². The molecular formula is C25H39N3O5Si. The average molecular weight is 490 g/mol. The van der Waals surface area contributed by atoms with Gasteiger partial charge in [0.05, 0.1) is 18.1 Å². The Morgan fingerprint density at radius 3 is 2.47 bits per heavy atom. The number of benzene rings is 1. The van der Waals surface area contributed by atoms with Gasteiger partial charge in [0.15, 0.2) is 8.32 Å². The summed E-state index contributed by atoms with van der Waals surface area (Å²) in [5.41, 5.74) is 1.07. The summed E-state index contributed by atoms with van der Waals surface area (Å²) in [7, 11) is -2.20. The molecule has 1 saturated heterocycles. The summed E-state index contributed by atoms with van der Waals surface area (Å²) in [5.74, 6) is -0.545. The van der Waals surface area contributed by atoms with E-state index in [1.54, 1.807) is 4.90 Å². The number of hydrogen-bond acceptors (Lipinski definition) is 5. The van der Waals surface area contributed by atoms with E-state index in [1.165, 1.54) is 0 Å². The molecule has 0 saturated carbocycles. The molecule has 0 aliphatic carbocycles. The lowest BCUT2D eigenvalue weighted by Gasteiger charge is -2.41. The van der Waals surface area contributed by atoms with Gasteiger partial charge >= 0.3 is 6.09 Å². The molecule has 1 aromatic carbocycles. The van der Waals surface area contributed by atoms with Gasteiger partial charge in [0.2, 0.25) is 6.54 Å². The van der Waals surface area contributed by atoms with Gasteiger partial charge in [0.1, 0.15) is 5.60 Å². The monoisotopic (exact) mass is 489 g/mol. The molecule has 3 rings (SSSR count). The van der Waals surface area contributed by atoms with Crippen molar-refractivity contribution in [3.63, 3.8) is 0 Å². The quantitative estimate of drug-likeness (QED) is 0.308. The van der Waals surface area contributed by atoms with Gasteiger partial charge in [-0.25, -0.2) is 4.79 Å². The number of fused-ring (bicyclic) bond motifs is 1. The Kier molecular flexibility index (Phi) is 7.20. The first-order valence-electron chi connectivity index (χ1n) is 12.0. The molecule has 1 fully saturated rings. The Bertz CT molecular complexity index is 1040. The standard InChI is InChI=1S/C25H39N3O5Si/c1-24(2,3)32-23(29)27-14-13-21(33-34(7,8)25(4,5)6)22(27)19(16-28(30)31)18-15-26-20-12-10-9-11-17(18)20/h9-12,15,19,21-22,26H,13-14,16H2,1-8H3/t19-,21-,22+/m0/s1. The number of nitrogens with one attached hydrogen (secondary N) is 1. The highest BCUT2D eigenvalue weighted by Gasteiger charge is 2.50. The number of likely N-dealkylation sites (tertiary alicyclic amines) is 1. The van der Waals surface area contributed by atoms with Crippen molar-refractivity contribution < 1.29 is 18.9 Å². The van der Waals surface area contributed by atoms with E-state index in [9.17, 15) is 14.9 Å². The zero-order valence-corrected chi connectivity index (χ0v) is 22.7. The van der Waals surface area contributed by atoms with Crippen molar-refractivity contribution >= 4 is 25.3 Å². The Hall–Kier alpha value is -2.39. The number of aromatic nitrogens is 1. The summed E-state index contributed by atoms with van der Waals surface area (Å²) < 4.78 is 12.5. The molecule has 1 N–H and O–H groups in total. The molecular weight excluding hydrogens is 450 g/mol. The van der Waals surface area contributed by atoms with Gasteiger partial charge in [0, 0.05) is 28.6 Å². The van der Waals surface area contributed by atoms with E-state index in [1.807, 2.05) is 51.2 Å². The molecule has 8 nitrogen and oxygen atoms in total. The number of para-hydroxylation sites is 1. The van der Waals surface area contributed by atoms with Gasteiger partial charge in [-0.2, -0.15) is 0 Å². The summed E-state index contributed by atoms with van der Waals surface area (Å²) >= 11 is 0. The van der Waals surface area contributed by atoms with Crippen LogP contribution in [-0.2, 0) is 9.16 Å². The number of nitrogens with zero attached hydrogens (tertiary/aromatic N) is 2. The van der Waals surface area contributed by atoms with Crippen LogP contribution < -0.4 is 0 Å². The lowest BCUT2D eigenvalue weighted by Crippen LogP contribution is -2.52. The van der Waals surface area contributed by atoms with Crippen LogP contribution in [0.2, 0.25) is 18.1 Å². The number of H-pyrrole nitrogens is 1. The van der Waals surface area contributed by atoms with Crippen molar-refractivity contribution in [3.05, 3.63) is 46.1 Å². The number of carbonyl (C=O) groups excluding carboxylic acids is 1. The molecule has 1 amide bonds. The lowest BCUT2D eigenvalue weighted by molar-refractivity contribution is -0.484. The van der Waals surface area contributed by atoms with Crippen LogP contribution in [0.25, 0.3) is 10.9 Å². The zero-order valence-electron chi connectivity index (χ0n) is 21.7. The van der Waals surface area contributed by atoms with Crippen molar-refractivity contribution in [1.82, 2.24) is 9.88 Å². The SMILES string of the molecule is CC(C)(C)OC(=O)N1CC[C@H](O[Si](C)(C)C(C)(C)C)[C@H]1[C@@H](C[N+](=O)[O-])c1c[nH]c2ccccc12. The molecule has 0 spiro atoms. The second-order valence-electron chi connectivity index (χ2n) is 11.8. The first-order valence-corrected chi connectivity index (χ1v) is 14.9. The largest absolute Gasteiger partial charge is 0.444 e. The molecule has 1 aliphatic heterocycles. The molecule has 34 heavy (non-hydrogen) atoms. The minimum Gasteiger partial charge on any atom is -0.444 e. The molecule has 0 bridgehead atoms. The van der Waals surface area contributed by atoms with Crippen LogP contribution in [0.4, 0.5) is 4.79 Å². The van der Waals surface area contributed by atoms with Crippen LogP contribution in [-0.4, -0.2) is 60.1 Å². The number of amides is 1. The van der Waals surface area contributed by atoms with E-state index >= 15 is 0 Å². The van der Waals surface area contributed by atoms with Gasteiger partial charge in [-0.3, -0.25) is 10.1 Å². The summed E-state index contributed by atoms with van der Waals surface area (Å²) in [4.78, 5) is 29.8. The second kappa shape index (κ2) is 9.34. The maximum Gasteiger partial charge on any atom is 0.410 e. The van der Waals surface area contributed by atoms with Gasteiger partial charge in [-0.15, -0.1) is 0 Å². The van der Waals surface area contributed by atoms with E-state index in [0.29, 0.717) is 13.0 Å². The number of rotatable bonds is 6. The summed E-state index contributed by atoms with van der Waals surface area (Å²) in [6.07, 6.45) is 1.69. The third-order valence-corrected chi connectivity index (χ3v) is 11.6. The third-order valence-electron chi connectivity index (χ3n) is 7.05. The highest BCUT2D eigenvalue weighted by atomic mass is 28.4. The van der Waals surface area contributed by atoms with Gasteiger partial charge in [-0.05, 0) is 57.0 Å². The van der Waals surface area contributed by atoms with Crippen LogP contribution in [0.3, 0.4) is 0 Å². The normalized spacial score (nSPS) is 20.5. The number of hydrogen-bond donors (Lipinski definition) is 1. The minimum atomic E-state index is -2.20. The number of nitro groups is 1. The first kappa shape index (κ1) is 26.2. The molecule has 1 aliphatic rings. The van der Waals surface area contributed by atoms with Gasteiger partial charge in [0.25, 0.3) is 0 Å². The molecule has 2 heterocycles. The number of carbonyl (C=O) groups is 1. The summed E-state index contributed by atoms with van der Waals surface area (Å²) in [6.45, 7) is 16.5. The molecule has 188 valence electrons. The fourth-order valence-electron chi connectivity index (χ4n) is 4.43. The molecule has 2 aromatic rings. The van der Waals surface area contributed by atoms with Gasteiger partial charge in [-0.1, -0.05) is 39.0 Å². The lowest BCUT2D eigenvalue weighted by atomic mass is 9.88. The molecule has 0 unspecified atom stereocenters. The van der Waals surface area contributed by atoms with Crippen LogP contribution >= 0.6 is 0 Å². The Balaban J connectivity index is 2.09. The fourth-order valence-corrected chi connectivity index (χ4v) is 5.80. The highest BCUT2D eigenvalue weighted by molar-refractivity contribution is 6.74. The van der Waals surface area contributed by atoms with Crippen molar-refractivity contribution in [2.45, 2.75) is 89.8 Å². The smallest absolute Gasteiger partial charge is 0.410 e. The maximum absolute atomic E-state index is 13.3. The van der Waals surface area contributed by atoms with Crippen molar-refractivity contribution in [3.8, 4) is 0 Å². The van der Waals surface area contributed by atoms with Crippen LogP contribution in [0.1, 0.15) is 59.4 Å². The van der Waals surface area contributed by atoms with Gasteiger partial charge < -0.3 is 19.0 Å². The Morgan fingerprint density at radius 1 is 1.24 bits per heavy atom. The first-order chi connectivity index (χ1) is 15.6. The topological polar surface area (TPSA) is 97.7 Å². The highest BCUT2D eigenvalue weighted by Crippen LogP contribution is 2.43. The summed E-state index contributed by atoms with van der Waals surface area (Å²) in [5, 5.41) is 12.8. The number of aromatic amines is 1. The maximum atomic E-state index is 13.3. The predicted octanol–water partition coefficient (Wildman–Crippen LogP) is 5.93. The molecule has 9 heteroatoms. The molecule has 1 aromatic heterocycles. The van der Waals surface area contributed by atoms with Crippen LogP contribution in [0, 0.1) is 10.1 Å². The van der Waals surface area contributed by atoms with Crippen LogP contribution in [0.15, 0.2) is 30.5 Å². The minimum absolute atomic E-state index is 0.0315. The Morgan fingerprint density at radius 2 is 1.88 bits per heavy atom. The Labute approximate surface area is 203 Å². The van der Waals surface area contributed by atoms with Crippen molar-refractivity contribution in [2.75, 3.05) is 13.1 Å².